The Morgan fingerprint density at radius 1 is 0.408 bits per heavy atom. The molecule has 0 saturated carbocycles. The van der Waals surface area contributed by atoms with Gasteiger partial charge < -0.3 is 29.0 Å². The fourth-order valence-corrected chi connectivity index (χ4v) is 9.32. The van der Waals surface area contributed by atoms with E-state index in [4.69, 9.17) is 4.74 Å². The Bertz CT molecular complexity index is 4240. The molecule has 0 aliphatic rings. The molecule has 0 saturated heterocycles. The number of benzene rings is 8. The number of methoxy groups -OCH3 is 2. The van der Waals surface area contributed by atoms with Crippen molar-refractivity contribution in [3.63, 3.8) is 0 Å². The van der Waals surface area contributed by atoms with Gasteiger partial charge in [0.15, 0.2) is 21.7 Å². The minimum atomic E-state index is -0.395. The van der Waals surface area contributed by atoms with Crippen LogP contribution in [-0.4, -0.2) is 45.7 Å². The van der Waals surface area contributed by atoms with E-state index >= 15 is 0 Å². The lowest BCUT2D eigenvalue weighted by molar-refractivity contribution is 0.0592. The normalized spacial score (nSPS) is 11.2. The number of alkyl halides is 1. The van der Waals surface area contributed by atoms with E-state index in [2.05, 4.69) is 35.6 Å². The molecule has 0 bridgehead atoms. The number of hydrogen-bond acceptors (Lipinski definition) is 8. The molecule has 0 atom stereocenters. The van der Waals surface area contributed by atoms with Gasteiger partial charge in [0.2, 0.25) is 0 Å². The number of hydrogen-bond donors (Lipinski definition) is 3. The maximum Gasteiger partial charge on any atom is 0.337 e. The van der Waals surface area contributed by atoms with Crippen LogP contribution in [0.15, 0.2) is 189 Å². The summed E-state index contributed by atoms with van der Waals surface area (Å²) in [4.78, 5) is 85.0. The number of carbonyl (C=O) groups excluding carboxylic acids is 2. The topological polar surface area (TPSA) is 173 Å². The molecule has 3 N–H and O–H groups in total. The van der Waals surface area contributed by atoms with E-state index in [0.29, 0.717) is 82.8 Å². The number of para-hydroxylation sites is 4. The van der Waals surface area contributed by atoms with Crippen LogP contribution in [0.4, 0.5) is 0 Å². The standard InChI is InChI=1S/C29H20N2O4.C20H12N2O2.C9H9BrO2/c1-35-29(34)18-12-10-17(11-13-18)16-31-25-9-5-3-7-20(25)28(33)22-14-24-21(15-26(22)31)27(32)19-6-2-4-8-23(19)30-24;23-19-11-5-1-3-7-15(11)21-17-10-14-18(9-13(17)19)22-16-8-4-2-6-12(16)20(14)24;1-12-9(11)8-4-2-7(6-10)3-5-8/h2-15H,16H2,1H3,(H,30,32);1-10H,(H,21,23)(H,22,24);2-5H,6H2,1H3. The number of aromatic nitrogens is 4. The first-order valence-corrected chi connectivity index (χ1v) is 23.6. The Labute approximate surface area is 410 Å². The zero-order chi connectivity index (χ0) is 49.3. The first-order valence-electron chi connectivity index (χ1n) is 22.4. The van der Waals surface area contributed by atoms with Crippen molar-refractivity contribution >= 4 is 115 Å². The van der Waals surface area contributed by atoms with Crippen LogP contribution in [-0.2, 0) is 21.3 Å². The van der Waals surface area contributed by atoms with E-state index in [9.17, 15) is 28.8 Å². The van der Waals surface area contributed by atoms with Crippen LogP contribution in [0.25, 0.3) is 87.2 Å². The molecule has 0 aliphatic heterocycles. The summed E-state index contributed by atoms with van der Waals surface area (Å²) < 4.78 is 11.4. The van der Waals surface area contributed by atoms with E-state index in [1.54, 1.807) is 60.7 Å². The van der Waals surface area contributed by atoms with Crippen LogP contribution in [0.2, 0.25) is 0 Å². The summed E-state index contributed by atoms with van der Waals surface area (Å²) >= 11 is 3.32. The number of ether oxygens (including phenoxy) is 2. The van der Waals surface area contributed by atoms with E-state index in [1.807, 2.05) is 114 Å². The fraction of sp³-hybridized carbons (Fsp3) is 0.0690. The number of nitrogens with one attached hydrogen (secondary N) is 3. The Balaban J connectivity index is 0.000000139. The summed E-state index contributed by atoms with van der Waals surface area (Å²) in [5, 5.41) is 5.52. The second-order valence-corrected chi connectivity index (χ2v) is 17.4. The van der Waals surface area contributed by atoms with Crippen molar-refractivity contribution in [3.05, 3.63) is 233 Å². The number of aromatic amines is 3. The summed E-state index contributed by atoms with van der Waals surface area (Å²) in [5.74, 6) is -0.690. The average Bonchev–Trinajstić information content (AvgIpc) is 3.42. The van der Waals surface area contributed by atoms with Gasteiger partial charge in [-0.25, -0.2) is 9.59 Å². The smallest absolute Gasteiger partial charge is 0.337 e. The zero-order valence-corrected chi connectivity index (χ0v) is 39.8. The molecular weight excluding hydrogens is 961 g/mol. The molecule has 0 aliphatic carbocycles. The summed E-state index contributed by atoms with van der Waals surface area (Å²) in [6, 6.07) is 51.2. The molecule has 12 rings (SSSR count). The third-order valence-corrected chi connectivity index (χ3v) is 13.2. The number of nitrogens with zero attached hydrogens (tertiary/aromatic N) is 1. The first-order chi connectivity index (χ1) is 34.5. The molecule has 12 nitrogen and oxygen atoms in total. The second-order valence-electron chi connectivity index (χ2n) is 16.8. The third-order valence-electron chi connectivity index (χ3n) is 12.6. The quantitative estimate of drug-likeness (QED) is 0.0868. The molecule has 13 heteroatoms. The molecule has 8 aromatic carbocycles. The predicted molar refractivity (Wildman–Crippen MR) is 286 cm³/mol. The van der Waals surface area contributed by atoms with Gasteiger partial charge in [-0.2, -0.15) is 0 Å². The van der Waals surface area contributed by atoms with Gasteiger partial charge in [-0.1, -0.05) is 88.7 Å². The minimum absolute atomic E-state index is 0.0322. The van der Waals surface area contributed by atoms with Crippen LogP contribution in [0.5, 0.6) is 0 Å². The predicted octanol–water partition coefficient (Wildman–Crippen LogP) is 11.0. The van der Waals surface area contributed by atoms with Crippen LogP contribution in [0.1, 0.15) is 31.8 Å². The maximum absolute atomic E-state index is 13.5. The molecule has 12 aromatic rings. The lowest BCUT2D eigenvalue weighted by atomic mass is 10.0. The molecule has 348 valence electrons. The molecule has 4 aromatic heterocycles. The molecule has 0 radical (unpaired) electrons. The molecule has 0 amide bonds. The van der Waals surface area contributed by atoms with Gasteiger partial charge in [0.05, 0.1) is 52.9 Å². The lowest BCUT2D eigenvalue weighted by Gasteiger charge is -2.16. The molecule has 71 heavy (non-hydrogen) atoms. The SMILES string of the molecule is COC(=O)c1ccc(CBr)cc1.COC(=O)c1ccc(Cn2c3ccccc3c(=O)c3cc4[nH]c5ccccc5c(=O)c4cc32)cc1.O=c1c2ccccc2[nH]c2cc3c(=O)c4ccccc4[nH]c3cc12. The fourth-order valence-electron chi connectivity index (χ4n) is 8.95. The highest BCUT2D eigenvalue weighted by Crippen LogP contribution is 2.26. The number of fused-ring (bicyclic) bond motifs is 8. The van der Waals surface area contributed by atoms with Gasteiger partial charge in [0.1, 0.15) is 0 Å². The Kier molecular flexibility index (Phi) is 12.4. The highest BCUT2D eigenvalue weighted by Gasteiger charge is 2.16. The van der Waals surface area contributed by atoms with E-state index in [1.165, 1.54) is 14.2 Å². The first kappa shape index (κ1) is 45.8. The highest BCUT2D eigenvalue weighted by molar-refractivity contribution is 9.08. The van der Waals surface area contributed by atoms with Gasteiger partial charge in [-0.3, -0.25) is 19.2 Å². The van der Waals surface area contributed by atoms with Crippen molar-refractivity contribution in [2.75, 3.05) is 14.2 Å². The summed E-state index contributed by atoms with van der Waals surface area (Å²) in [5.41, 5.74) is 8.62. The number of carbonyl (C=O) groups is 2. The Morgan fingerprint density at radius 3 is 1.21 bits per heavy atom. The Morgan fingerprint density at radius 2 is 0.775 bits per heavy atom. The lowest BCUT2D eigenvalue weighted by Crippen LogP contribution is -2.14. The molecule has 0 unspecified atom stereocenters. The minimum Gasteiger partial charge on any atom is -0.465 e. The zero-order valence-electron chi connectivity index (χ0n) is 38.2. The van der Waals surface area contributed by atoms with Gasteiger partial charge in [-0.15, -0.1) is 0 Å². The number of pyridine rings is 4. The third kappa shape index (κ3) is 8.63. The van der Waals surface area contributed by atoms with E-state index in [-0.39, 0.29) is 27.7 Å². The summed E-state index contributed by atoms with van der Waals surface area (Å²) in [7, 11) is 2.73. The molecule has 4 heterocycles. The molecule has 0 fully saturated rings. The van der Waals surface area contributed by atoms with Crippen molar-refractivity contribution in [1.29, 1.82) is 0 Å². The number of halogens is 1. The molecule has 0 spiro atoms. The summed E-state index contributed by atoms with van der Waals surface area (Å²) in [6.07, 6.45) is 0. The average molecular weight is 1000 g/mol. The van der Waals surface area contributed by atoms with Crippen molar-refractivity contribution in [1.82, 2.24) is 19.5 Å². The van der Waals surface area contributed by atoms with Gasteiger partial charge in [0.25, 0.3) is 0 Å². The Hall–Kier alpha value is -8.94. The van der Waals surface area contributed by atoms with Gasteiger partial charge in [0, 0.05) is 71.5 Å². The largest absolute Gasteiger partial charge is 0.465 e. The van der Waals surface area contributed by atoms with Gasteiger partial charge in [-0.05, 0) is 108 Å². The summed E-state index contributed by atoms with van der Waals surface area (Å²) in [6.45, 7) is 0.454. The highest BCUT2D eigenvalue weighted by atomic mass is 79.9. The van der Waals surface area contributed by atoms with Crippen LogP contribution < -0.4 is 21.7 Å². The maximum atomic E-state index is 13.5. The van der Waals surface area contributed by atoms with Crippen molar-refractivity contribution in [2.45, 2.75) is 11.9 Å². The van der Waals surface area contributed by atoms with E-state index in [0.717, 1.165) is 38.5 Å². The van der Waals surface area contributed by atoms with Crippen LogP contribution in [0.3, 0.4) is 0 Å². The second kappa shape index (κ2) is 19.2. The van der Waals surface area contributed by atoms with Crippen LogP contribution >= 0.6 is 15.9 Å². The van der Waals surface area contributed by atoms with Crippen LogP contribution in [0, 0.1) is 0 Å². The van der Waals surface area contributed by atoms with Crippen molar-refractivity contribution < 1.29 is 19.1 Å². The monoisotopic (exact) mass is 1000 g/mol. The number of H-pyrrole nitrogens is 3. The van der Waals surface area contributed by atoms with Crippen molar-refractivity contribution in [3.8, 4) is 0 Å². The number of rotatable bonds is 5. The number of esters is 2. The molecular formula is C58H41BrN4O8. The van der Waals surface area contributed by atoms with E-state index < -0.39 is 5.97 Å². The van der Waals surface area contributed by atoms with Gasteiger partial charge >= 0.3 is 11.9 Å². The van der Waals surface area contributed by atoms with Crippen molar-refractivity contribution in [2.24, 2.45) is 0 Å².